The molecule has 1 heterocycles. The zero-order valence-electron chi connectivity index (χ0n) is 10.5. The lowest BCUT2D eigenvalue weighted by atomic mass is 10.2. The first-order valence-corrected chi connectivity index (χ1v) is 5.53. The van der Waals surface area contributed by atoms with Crippen LogP contribution < -0.4 is 10.6 Å². The van der Waals surface area contributed by atoms with Crippen molar-refractivity contribution in [3.63, 3.8) is 0 Å². The number of nitrogens with one attached hydrogen (secondary N) is 2. The van der Waals surface area contributed by atoms with Crippen molar-refractivity contribution < 1.29 is 0 Å². The van der Waals surface area contributed by atoms with Gasteiger partial charge in [0.05, 0.1) is 0 Å². The van der Waals surface area contributed by atoms with E-state index in [9.17, 15) is 0 Å². The fraction of sp³-hybridized carbons (Fsp3) is 0.636. The summed E-state index contributed by atoms with van der Waals surface area (Å²) in [5.41, 5.74) is 0. The second-order valence-electron chi connectivity index (χ2n) is 4.18. The van der Waals surface area contributed by atoms with Crippen molar-refractivity contribution in [1.82, 2.24) is 14.9 Å². The summed E-state index contributed by atoms with van der Waals surface area (Å²) in [6, 6.07) is 2.31. The molecule has 0 radical (unpaired) electrons. The quantitative estimate of drug-likeness (QED) is 0.760. The van der Waals surface area contributed by atoms with Gasteiger partial charge < -0.3 is 15.5 Å². The zero-order valence-corrected chi connectivity index (χ0v) is 10.5. The monoisotopic (exact) mass is 223 g/mol. The van der Waals surface area contributed by atoms with Crippen molar-refractivity contribution in [2.45, 2.75) is 19.4 Å². The Labute approximate surface area is 97.3 Å². The summed E-state index contributed by atoms with van der Waals surface area (Å²) in [6.07, 6.45) is 2.65. The SMILES string of the molecule is CNc1cc(NC(C)CCN(C)C)ncn1. The third-order valence-corrected chi connectivity index (χ3v) is 2.33. The Hall–Kier alpha value is -1.36. The van der Waals surface area contributed by atoms with Gasteiger partial charge in [-0.15, -0.1) is 0 Å². The standard InChI is InChI=1S/C11H21N5/c1-9(5-6-16(3)4)15-11-7-10(12-2)13-8-14-11/h7-9H,5-6H2,1-4H3,(H2,12,13,14,15). The molecule has 1 aromatic heterocycles. The van der Waals surface area contributed by atoms with Gasteiger partial charge in [-0.05, 0) is 34.0 Å². The van der Waals surface area contributed by atoms with Crippen LogP contribution in [0.15, 0.2) is 12.4 Å². The van der Waals surface area contributed by atoms with Crippen LogP contribution in [0.25, 0.3) is 0 Å². The van der Waals surface area contributed by atoms with Crippen LogP contribution in [0.3, 0.4) is 0 Å². The van der Waals surface area contributed by atoms with Crippen LogP contribution in [0.2, 0.25) is 0 Å². The predicted molar refractivity (Wildman–Crippen MR) is 67.8 cm³/mol. The van der Waals surface area contributed by atoms with Crippen molar-refractivity contribution in [2.75, 3.05) is 38.3 Å². The highest BCUT2D eigenvalue weighted by atomic mass is 15.1. The van der Waals surface area contributed by atoms with E-state index in [-0.39, 0.29) is 0 Å². The molecule has 5 nitrogen and oxygen atoms in total. The lowest BCUT2D eigenvalue weighted by molar-refractivity contribution is 0.390. The lowest BCUT2D eigenvalue weighted by Gasteiger charge is -2.17. The minimum Gasteiger partial charge on any atom is -0.373 e. The first kappa shape index (κ1) is 12.7. The Balaban J connectivity index is 2.45. The van der Waals surface area contributed by atoms with Gasteiger partial charge in [0.15, 0.2) is 0 Å². The van der Waals surface area contributed by atoms with Crippen LogP contribution in [0.1, 0.15) is 13.3 Å². The molecule has 0 aliphatic carbocycles. The topological polar surface area (TPSA) is 53.1 Å². The number of rotatable bonds is 6. The molecule has 1 atom stereocenters. The van der Waals surface area contributed by atoms with Crippen molar-refractivity contribution in [3.8, 4) is 0 Å². The Bertz CT molecular complexity index is 313. The van der Waals surface area contributed by atoms with E-state index in [2.05, 4.69) is 46.5 Å². The highest BCUT2D eigenvalue weighted by Gasteiger charge is 2.04. The highest BCUT2D eigenvalue weighted by Crippen LogP contribution is 2.09. The van der Waals surface area contributed by atoms with Crippen molar-refractivity contribution in [2.24, 2.45) is 0 Å². The second-order valence-corrected chi connectivity index (χ2v) is 4.18. The van der Waals surface area contributed by atoms with E-state index in [0.717, 1.165) is 24.6 Å². The molecule has 0 saturated heterocycles. The normalized spacial score (nSPS) is 12.6. The summed E-state index contributed by atoms with van der Waals surface area (Å²) in [4.78, 5) is 10.4. The van der Waals surface area contributed by atoms with Crippen LogP contribution in [-0.2, 0) is 0 Å². The van der Waals surface area contributed by atoms with Gasteiger partial charge >= 0.3 is 0 Å². The van der Waals surface area contributed by atoms with E-state index in [0.29, 0.717) is 6.04 Å². The first-order valence-electron chi connectivity index (χ1n) is 5.53. The third kappa shape index (κ3) is 4.44. The lowest BCUT2D eigenvalue weighted by Crippen LogP contribution is -2.23. The molecular weight excluding hydrogens is 202 g/mol. The molecule has 16 heavy (non-hydrogen) atoms. The average molecular weight is 223 g/mol. The van der Waals surface area contributed by atoms with Gasteiger partial charge in [-0.25, -0.2) is 9.97 Å². The Kier molecular flexibility index (Phi) is 4.98. The maximum atomic E-state index is 4.18. The number of aromatic nitrogens is 2. The molecule has 0 aliphatic rings. The molecule has 0 spiro atoms. The highest BCUT2D eigenvalue weighted by molar-refractivity contribution is 5.46. The molecule has 5 heteroatoms. The minimum absolute atomic E-state index is 0.405. The van der Waals surface area contributed by atoms with E-state index < -0.39 is 0 Å². The Morgan fingerprint density at radius 3 is 2.62 bits per heavy atom. The number of hydrogen-bond donors (Lipinski definition) is 2. The Morgan fingerprint density at radius 1 is 1.31 bits per heavy atom. The molecule has 0 bridgehead atoms. The molecule has 1 unspecified atom stereocenters. The fourth-order valence-corrected chi connectivity index (χ4v) is 1.35. The van der Waals surface area contributed by atoms with E-state index >= 15 is 0 Å². The summed E-state index contributed by atoms with van der Waals surface area (Å²) in [7, 11) is 6.01. The van der Waals surface area contributed by atoms with Crippen molar-refractivity contribution >= 4 is 11.6 Å². The van der Waals surface area contributed by atoms with Gasteiger partial charge in [0.25, 0.3) is 0 Å². The number of hydrogen-bond acceptors (Lipinski definition) is 5. The molecular formula is C11H21N5. The van der Waals surface area contributed by atoms with Gasteiger partial charge in [-0.1, -0.05) is 0 Å². The molecule has 0 aromatic carbocycles. The number of nitrogens with zero attached hydrogens (tertiary/aromatic N) is 3. The fourth-order valence-electron chi connectivity index (χ4n) is 1.35. The zero-order chi connectivity index (χ0) is 12.0. The first-order chi connectivity index (χ1) is 7.61. The molecule has 0 aliphatic heterocycles. The summed E-state index contributed by atoms with van der Waals surface area (Å²) in [5.74, 6) is 1.70. The van der Waals surface area contributed by atoms with Crippen LogP contribution in [0.4, 0.5) is 11.6 Å². The summed E-state index contributed by atoms with van der Waals surface area (Å²) >= 11 is 0. The average Bonchev–Trinajstić information content (AvgIpc) is 2.26. The molecule has 0 fully saturated rings. The Morgan fingerprint density at radius 2 is 2.00 bits per heavy atom. The molecule has 1 rings (SSSR count). The molecule has 90 valence electrons. The van der Waals surface area contributed by atoms with Crippen LogP contribution >= 0.6 is 0 Å². The van der Waals surface area contributed by atoms with Gasteiger partial charge in [0, 0.05) is 19.2 Å². The van der Waals surface area contributed by atoms with E-state index in [1.807, 2.05) is 13.1 Å². The van der Waals surface area contributed by atoms with Crippen LogP contribution in [-0.4, -0.2) is 48.6 Å². The second kappa shape index (κ2) is 6.27. The number of anilines is 2. The maximum Gasteiger partial charge on any atom is 0.131 e. The predicted octanol–water partition coefficient (Wildman–Crippen LogP) is 1.27. The molecule has 1 aromatic rings. The van der Waals surface area contributed by atoms with Gasteiger partial charge in [0.1, 0.15) is 18.0 Å². The summed E-state index contributed by atoms with van der Waals surface area (Å²) in [5, 5.41) is 6.35. The van der Waals surface area contributed by atoms with Crippen LogP contribution in [0.5, 0.6) is 0 Å². The summed E-state index contributed by atoms with van der Waals surface area (Å²) in [6.45, 7) is 3.22. The third-order valence-electron chi connectivity index (χ3n) is 2.33. The van der Waals surface area contributed by atoms with Gasteiger partial charge in [-0.3, -0.25) is 0 Å². The van der Waals surface area contributed by atoms with E-state index in [1.165, 1.54) is 0 Å². The minimum atomic E-state index is 0.405. The largest absolute Gasteiger partial charge is 0.373 e. The van der Waals surface area contributed by atoms with Crippen molar-refractivity contribution in [1.29, 1.82) is 0 Å². The smallest absolute Gasteiger partial charge is 0.131 e. The molecule has 0 amide bonds. The summed E-state index contributed by atoms with van der Waals surface area (Å²) < 4.78 is 0. The molecule has 2 N–H and O–H groups in total. The molecule has 0 saturated carbocycles. The maximum absolute atomic E-state index is 4.18. The van der Waals surface area contributed by atoms with Gasteiger partial charge in [-0.2, -0.15) is 0 Å². The van der Waals surface area contributed by atoms with Gasteiger partial charge in [0.2, 0.25) is 0 Å². The van der Waals surface area contributed by atoms with E-state index in [4.69, 9.17) is 0 Å². The van der Waals surface area contributed by atoms with Crippen molar-refractivity contribution in [3.05, 3.63) is 12.4 Å². The van der Waals surface area contributed by atoms with Crippen LogP contribution in [0, 0.1) is 0 Å². The van der Waals surface area contributed by atoms with E-state index in [1.54, 1.807) is 6.33 Å².